The van der Waals surface area contributed by atoms with E-state index in [9.17, 15) is 10.0 Å². The fourth-order valence-corrected chi connectivity index (χ4v) is 2.80. The number of rotatable bonds is 2. The summed E-state index contributed by atoms with van der Waals surface area (Å²) in [6.45, 7) is 13.3. The highest BCUT2D eigenvalue weighted by atomic mass is 16.5. The lowest BCUT2D eigenvalue weighted by Gasteiger charge is -2.51. The van der Waals surface area contributed by atoms with E-state index >= 15 is 0 Å². The van der Waals surface area contributed by atoms with E-state index in [2.05, 4.69) is 6.58 Å². The van der Waals surface area contributed by atoms with Crippen LogP contribution in [0.2, 0.25) is 0 Å². The SMILES string of the molecule is C=C(C)C(=O)C1CC(C)(C)N(O)C(C)(C)C1. The zero-order valence-electron chi connectivity index (χ0n) is 11.0. The van der Waals surface area contributed by atoms with Gasteiger partial charge in [-0.2, -0.15) is 5.06 Å². The molecule has 0 atom stereocenters. The first-order chi connectivity index (χ1) is 7.08. The van der Waals surface area contributed by atoms with E-state index in [1.54, 1.807) is 6.92 Å². The molecule has 0 unspecified atom stereocenters. The maximum absolute atomic E-state index is 12.0. The van der Waals surface area contributed by atoms with Crippen LogP contribution in [0.3, 0.4) is 0 Å². The number of hydroxylamine groups is 2. The number of Topliss-reactive ketones (excluding diaryl/α,β-unsaturated/α-hetero) is 1. The van der Waals surface area contributed by atoms with Crippen LogP contribution in [0.25, 0.3) is 0 Å². The normalized spacial score (nSPS) is 25.4. The molecule has 1 heterocycles. The third kappa shape index (κ3) is 2.36. The minimum absolute atomic E-state index is 0.0223. The van der Waals surface area contributed by atoms with Gasteiger partial charge in [-0.25, -0.2) is 0 Å². The van der Waals surface area contributed by atoms with Crippen molar-refractivity contribution in [3.63, 3.8) is 0 Å². The second kappa shape index (κ2) is 3.97. The van der Waals surface area contributed by atoms with Gasteiger partial charge in [0.2, 0.25) is 0 Å². The van der Waals surface area contributed by atoms with Crippen molar-refractivity contribution in [3.05, 3.63) is 12.2 Å². The molecule has 3 nitrogen and oxygen atoms in total. The Labute approximate surface area is 98.1 Å². The number of piperidine rings is 1. The summed E-state index contributed by atoms with van der Waals surface area (Å²) in [6.07, 6.45) is 1.36. The third-order valence-electron chi connectivity index (χ3n) is 3.43. The summed E-state index contributed by atoms with van der Waals surface area (Å²) in [4.78, 5) is 12.0. The van der Waals surface area contributed by atoms with Gasteiger partial charge in [-0.15, -0.1) is 0 Å². The van der Waals surface area contributed by atoms with E-state index in [1.165, 1.54) is 5.06 Å². The van der Waals surface area contributed by atoms with E-state index in [1.807, 2.05) is 27.7 Å². The molecule has 0 radical (unpaired) electrons. The van der Waals surface area contributed by atoms with Crippen LogP contribution >= 0.6 is 0 Å². The Kier molecular flexibility index (Phi) is 3.32. The van der Waals surface area contributed by atoms with E-state index in [0.29, 0.717) is 18.4 Å². The molecule has 0 aromatic rings. The maximum atomic E-state index is 12.0. The molecule has 16 heavy (non-hydrogen) atoms. The van der Waals surface area contributed by atoms with Crippen molar-refractivity contribution in [2.45, 2.75) is 58.5 Å². The zero-order valence-corrected chi connectivity index (χ0v) is 11.0. The molecule has 3 heteroatoms. The summed E-state index contributed by atoms with van der Waals surface area (Å²) in [6, 6.07) is 0. The number of nitrogens with zero attached hydrogens (tertiary/aromatic N) is 1. The molecule has 0 aliphatic carbocycles. The molecule has 1 fully saturated rings. The summed E-state index contributed by atoms with van der Waals surface area (Å²) in [5, 5.41) is 11.5. The topological polar surface area (TPSA) is 40.5 Å². The lowest BCUT2D eigenvalue weighted by Crippen LogP contribution is -2.59. The zero-order chi connectivity index (χ0) is 12.7. The van der Waals surface area contributed by atoms with Crippen molar-refractivity contribution in [2.75, 3.05) is 0 Å². The van der Waals surface area contributed by atoms with Gasteiger partial charge >= 0.3 is 0 Å². The minimum Gasteiger partial charge on any atom is -0.313 e. The lowest BCUT2D eigenvalue weighted by atomic mass is 9.73. The highest BCUT2D eigenvalue weighted by Crippen LogP contribution is 2.40. The number of carbonyl (C=O) groups is 1. The van der Waals surface area contributed by atoms with Crippen LogP contribution in [0.15, 0.2) is 12.2 Å². The van der Waals surface area contributed by atoms with Gasteiger partial charge in [-0.3, -0.25) is 4.79 Å². The van der Waals surface area contributed by atoms with Crippen LogP contribution < -0.4 is 0 Å². The second-order valence-electron chi connectivity index (χ2n) is 6.19. The monoisotopic (exact) mass is 225 g/mol. The molecule has 0 aromatic heterocycles. The van der Waals surface area contributed by atoms with Gasteiger partial charge in [0.1, 0.15) is 0 Å². The van der Waals surface area contributed by atoms with Crippen molar-refractivity contribution in [3.8, 4) is 0 Å². The molecule has 0 aromatic carbocycles. The number of hydrogen-bond acceptors (Lipinski definition) is 3. The summed E-state index contributed by atoms with van der Waals surface area (Å²) in [7, 11) is 0. The smallest absolute Gasteiger partial charge is 0.161 e. The molecule has 1 aliphatic heterocycles. The Hall–Kier alpha value is -0.670. The average molecular weight is 225 g/mol. The Balaban J connectivity index is 2.95. The summed E-state index contributed by atoms with van der Waals surface area (Å²) < 4.78 is 0. The molecule has 1 N–H and O–H groups in total. The number of allylic oxidation sites excluding steroid dienone is 1. The van der Waals surface area contributed by atoms with Crippen LogP contribution in [0.1, 0.15) is 47.5 Å². The van der Waals surface area contributed by atoms with Crippen LogP contribution in [0, 0.1) is 5.92 Å². The van der Waals surface area contributed by atoms with Crippen molar-refractivity contribution in [2.24, 2.45) is 5.92 Å². The Morgan fingerprint density at radius 3 is 1.94 bits per heavy atom. The van der Waals surface area contributed by atoms with Gasteiger partial charge in [0.25, 0.3) is 0 Å². The largest absolute Gasteiger partial charge is 0.313 e. The summed E-state index contributed by atoms with van der Waals surface area (Å²) in [5.74, 6) is 0.111. The first-order valence-corrected chi connectivity index (χ1v) is 5.77. The van der Waals surface area contributed by atoms with Gasteiger partial charge in [-0.05, 0) is 53.0 Å². The van der Waals surface area contributed by atoms with Gasteiger partial charge < -0.3 is 5.21 Å². The van der Waals surface area contributed by atoms with Crippen LogP contribution in [0.4, 0.5) is 0 Å². The molecule has 1 saturated heterocycles. The van der Waals surface area contributed by atoms with Crippen LogP contribution in [0.5, 0.6) is 0 Å². The fraction of sp³-hybridized carbons (Fsp3) is 0.769. The number of hydrogen-bond donors (Lipinski definition) is 1. The van der Waals surface area contributed by atoms with E-state index < -0.39 is 0 Å². The third-order valence-corrected chi connectivity index (χ3v) is 3.43. The highest BCUT2D eigenvalue weighted by Gasteiger charge is 2.46. The van der Waals surface area contributed by atoms with Gasteiger partial charge in [0.15, 0.2) is 5.78 Å². The van der Waals surface area contributed by atoms with Gasteiger partial charge in [0, 0.05) is 17.0 Å². The van der Waals surface area contributed by atoms with E-state index in [4.69, 9.17) is 0 Å². The first kappa shape index (κ1) is 13.4. The molecule has 1 aliphatic rings. The van der Waals surface area contributed by atoms with Crippen LogP contribution in [-0.4, -0.2) is 27.1 Å². The Morgan fingerprint density at radius 2 is 1.62 bits per heavy atom. The number of carbonyl (C=O) groups excluding carboxylic acids is 1. The van der Waals surface area contributed by atoms with E-state index in [-0.39, 0.29) is 22.8 Å². The molecule has 0 amide bonds. The molecule has 1 rings (SSSR count). The Morgan fingerprint density at radius 1 is 1.25 bits per heavy atom. The van der Waals surface area contributed by atoms with E-state index in [0.717, 1.165) is 0 Å². The maximum Gasteiger partial charge on any atom is 0.161 e. The van der Waals surface area contributed by atoms with Crippen LogP contribution in [-0.2, 0) is 4.79 Å². The summed E-state index contributed by atoms with van der Waals surface area (Å²) >= 11 is 0. The lowest BCUT2D eigenvalue weighted by molar-refractivity contribution is -0.249. The quantitative estimate of drug-likeness (QED) is 0.735. The van der Waals surface area contributed by atoms with Crippen molar-refractivity contribution >= 4 is 5.78 Å². The minimum atomic E-state index is -0.364. The molecular formula is C13H23NO2. The molecule has 0 saturated carbocycles. The standard InChI is InChI=1S/C13H23NO2/c1-9(2)11(15)10-7-12(3,4)14(16)13(5,6)8-10/h10,16H,1,7-8H2,2-6H3. The second-order valence-corrected chi connectivity index (χ2v) is 6.19. The first-order valence-electron chi connectivity index (χ1n) is 5.77. The fourth-order valence-electron chi connectivity index (χ4n) is 2.80. The van der Waals surface area contributed by atoms with Crippen molar-refractivity contribution in [1.29, 1.82) is 0 Å². The van der Waals surface area contributed by atoms with Gasteiger partial charge in [-0.1, -0.05) is 6.58 Å². The predicted octanol–water partition coefficient (Wildman–Crippen LogP) is 2.79. The van der Waals surface area contributed by atoms with Crippen molar-refractivity contribution < 1.29 is 10.0 Å². The molecular weight excluding hydrogens is 202 g/mol. The van der Waals surface area contributed by atoms with Crippen molar-refractivity contribution in [1.82, 2.24) is 5.06 Å². The Bertz CT molecular complexity index is 300. The molecule has 0 spiro atoms. The molecule has 92 valence electrons. The number of ketones is 1. The average Bonchev–Trinajstić information content (AvgIpc) is 2.11. The van der Waals surface area contributed by atoms with Gasteiger partial charge in [0.05, 0.1) is 0 Å². The predicted molar refractivity (Wildman–Crippen MR) is 64.3 cm³/mol. The molecule has 0 bridgehead atoms. The summed E-state index contributed by atoms with van der Waals surface area (Å²) in [5.41, 5.74) is -0.113. The highest BCUT2D eigenvalue weighted by molar-refractivity contribution is 5.96.